The van der Waals surface area contributed by atoms with Crippen LogP contribution in [0.25, 0.3) is 0 Å². The van der Waals surface area contributed by atoms with Gasteiger partial charge in [0, 0.05) is 24.1 Å². The number of amides is 4. The third-order valence-electron chi connectivity index (χ3n) is 5.58. The van der Waals surface area contributed by atoms with Crippen molar-refractivity contribution >= 4 is 23.8 Å². The number of phenolic OH excluding ortho intramolecular Hbond substituents is 1. The Balaban J connectivity index is 2.49. The Labute approximate surface area is 206 Å². The fourth-order valence-corrected chi connectivity index (χ4v) is 3.86. The second kappa shape index (κ2) is 11.9. The molecule has 2 unspecified atom stereocenters. The van der Waals surface area contributed by atoms with Crippen LogP contribution in [-0.2, 0) is 19.1 Å². The number of benzene rings is 1. The molecule has 194 valence electrons. The number of para-hydroxylation sites is 1. The molecule has 1 aliphatic rings. The fourth-order valence-electron chi connectivity index (χ4n) is 3.86. The highest BCUT2D eigenvalue weighted by Crippen LogP contribution is 2.37. The first-order chi connectivity index (χ1) is 16.3. The number of carbonyl (C=O) groups excluding carboxylic acids is 4. The van der Waals surface area contributed by atoms with Gasteiger partial charge < -0.3 is 31.1 Å². The van der Waals surface area contributed by atoms with Gasteiger partial charge in [0.1, 0.15) is 23.4 Å². The first-order valence-corrected chi connectivity index (χ1v) is 12.0. The molecule has 0 bridgehead atoms. The topological polar surface area (TPSA) is 151 Å². The first-order valence-electron chi connectivity index (χ1n) is 12.0. The van der Waals surface area contributed by atoms with E-state index in [9.17, 15) is 24.3 Å². The number of nitrogens with zero attached hydrogens (tertiary/aromatic N) is 1. The number of rotatable bonds is 10. The molecule has 10 nitrogen and oxygen atoms in total. The first kappa shape index (κ1) is 27.9. The molecule has 5 N–H and O–H groups in total. The second-order valence-electron chi connectivity index (χ2n) is 10.2. The summed E-state index contributed by atoms with van der Waals surface area (Å²) in [4.78, 5) is 52.8. The summed E-state index contributed by atoms with van der Waals surface area (Å²) in [5.41, 5.74) is 4.79. The molecule has 0 saturated heterocycles. The molecule has 2 atom stereocenters. The van der Waals surface area contributed by atoms with Crippen LogP contribution in [0.2, 0.25) is 0 Å². The molecular formula is C25H38N4O6. The molecule has 0 spiro atoms. The van der Waals surface area contributed by atoms with E-state index < -0.39 is 41.5 Å². The molecule has 2 rings (SSSR count). The minimum Gasteiger partial charge on any atom is -0.508 e. The summed E-state index contributed by atoms with van der Waals surface area (Å²) in [5, 5.41) is 16.0. The molecule has 0 aliphatic heterocycles. The van der Waals surface area contributed by atoms with E-state index >= 15 is 0 Å². The smallest absolute Gasteiger partial charge is 0.408 e. The third kappa shape index (κ3) is 8.15. The summed E-state index contributed by atoms with van der Waals surface area (Å²) in [7, 11) is 0. The van der Waals surface area contributed by atoms with Crippen LogP contribution in [0, 0.1) is 0 Å². The third-order valence-corrected chi connectivity index (χ3v) is 5.58. The molecule has 0 heterocycles. The van der Waals surface area contributed by atoms with Crippen LogP contribution in [0.3, 0.4) is 0 Å². The monoisotopic (exact) mass is 490 g/mol. The zero-order valence-electron chi connectivity index (χ0n) is 21.2. The molecule has 1 aromatic rings. The van der Waals surface area contributed by atoms with E-state index in [2.05, 4.69) is 10.6 Å². The SMILES string of the molecule is CC(C)NC(=O)C(c1ccccc1O)N(C(=O)C(CCC(N)=O)NC(=O)OC(C)(C)C)C1CCC1. The molecule has 0 radical (unpaired) electrons. The van der Waals surface area contributed by atoms with Crippen molar-refractivity contribution in [2.75, 3.05) is 0 Å². The van der Waals surface area contributed by atoms with Crippen LogP contribution < -0.4 is 16.4 Å². The number of aromatic hydroxyl groups is 1. The zero-order valence-corrected chi connectivity index (χ0v) is 21.2. The number of ether oxygens (including phenoxy) is 1. The molecule has 1 fully saturated rings. The molecule has 0 aromatic heterocycles. The van der Waals surface area contributed by atoms with Crippen molar-refractivity contribution in [1.29, 1.82) is 0 Å². The maximum absolute atomic E-state index is 13.9. The average Bonchev–Trinajstić information content (AvgIpc) is 2.68. The Morgan fingerprint density at radius 1 is 1.14 bits per heavy atom. The standard InChI is InChI=1S/C25H38N4O6/c1-15(2)27-22(32)21(17-11-6-7-12-19(17)30)29(16-9-8-10-16)23(33)18(13-14-20(26)31)28-24(34)35-25(3,4)5/h6-7,11-12,15-16,18,21,30H,8-10,13-14H2,1-5H3,(H2,26,31)(H,27,32)(H,28,34). The van der Waals surface area contributed by atoms with Gasteiger partial charge in [-0.2, -0.15) is 0 Å². The second-order valence-corrected chi connectivity index (χ2v) is 10.2. The maximum atomic E-state index is 13.9. The van der Waals surface area contributed by atoms with E-state index in [1.165, 1.54) is 11.0 Å². The predicted octanol–water partition coefficient (Wildman–Crippen LogP) is 2.50. The number of nitrogens with one attached hydrogen (secondary N) is 2. The van der Waals surface area contributed by atoms with Gasteiger partial charge in [0.05, 0.1) is 0 Å². The van der Waals surface area contributed by atoms with Crippen molar-refractivity contribution in [3.05, 3.63) is 29.8 Å². The number of phenols is 1. The van der Waals surface area contributed by atoms with E-state index in [1.54, 1.807) is 52.8 Å². The van der Waals surface area contributed by atoms with Gasteiger partial charge >= 0.3 is 6.09 Å². The highest BCUT2D eigenvalue weighted by Gasteiger charge is 2.42. The average molecular weight is 491 g/mol. The van der Waals surface area contributed by atoms with Gasteiger partial charge in [-0.05, 0) is 66.4 Å². The number of carbonyl (C=O) groups is 4. The maximum Gasteiger partial charge on any atom is 0.408 e. The summed E-state index contributed by atoms with van der Waals surface area (Å²) in [6.07, 6.45) is 1.18. The Bertz CT molecular complexity index is 923. The van der Waals surface area contributed by atoms with Gasteiger partial charge in [-0.3, -0.25) is 14.4 Å². The lowest BCUT2D eigenvalue weighted by Gasteiger charge is -2.43. The summed E-state index contributed by atoms with van der Waals surface area (Å²) in [5.74, 6) is -1.75. The van der Waals surface area contributed by atoms with Crippen LogP contribution >= 0.6 is 0 Å². The van der Waals surface area contributed by atoms with E-state index in [4.69, 9.17) is 10.5 Å². The molecule has 4 amide bonds. The minimum absolute atomic E-state index is 0.0596. The number of nitrogens with two attached hydrogens (primary N) is 1. The number of primary amides is 1. The molecule has 10 heteroatoms. The highest BCUT2D eigenvalue weighted by atomic mass is 16.6. The van der Waals surface area contributed by atoms with E-state index in [0.29, 0.717) is 12.8 Å². The Kier molecular flexibility index (Phi) is 9.50. The predicted molar refractivity (Wildman–Crippen MR) is 130 cm³/mol. The summed E-state index contributed by atoms with van der Waals surface area (Å²) in [6.45, 7) is 8.68. The number of alkyl carbamates (subject to hydrolysis) is 1. The van der Waals surface area contributed by atoms with Gasteiger partial charge in [-0.1, -0.05) is 18.2 Å². The molecular weight excluding hydrogens is 452 g/mol. The molecule has 1 aliphatic carbocycles. The van der Waals surface area contributed by atoms with Crippen LogP contribution in [-0.4, -0.2) is 57.5 Å². The van der Waals surface area contributed by atoms with Gasteiger partial charge in [0.15, 0.2) is 0 Å². The Morgan fingerprint density at radius 3 is 2.26 bits per heavy atom. The lowest BCUT2D eigenvalue weighted by atomic mass is 9.87. The number of hydrogen-bond acceptors (Lipinski definition) is 6. The highest BCUT2D eigenvalue weighted by molar-refractivity contribution is 5.93. The molecule has 1 aromatic carbocycles. The fraction of sp³-hybridized carbons (Fsp3) is 0.600. The summed E-state index contributed by atoms with van der Waals surface area (Å²) < 4.78 is 5.31. The van der Waals surface area contributed by atoms with Crippen molar-refractivity contribution in [3.63, 3.8) is 0 Å². The molecule has 35 heavy (non-hydrogen) atoms. The van der Waals surface area contributed by atoms with Crippen LogP contribution in [0.15, 0.2) is 24.3 Å². The largest absolute Gasteiger partial charge is 0.508 e. The quantitative estimate of drug-likeness (QED) is 0.396. The van der Waals surface area contributed by atoms with E-state index in [1.807, 2.05) is 0 Å². The van der Waals surface area contributed by atoms with Crippen molar-refractivity contribution in [2.45, 2.75) is 96.5 Å². The van der Waals surface area contributed by atoms with Crippen molar-refractivity contribution < 1.29 is 29.0 Å². The van der Waals surface area contributed by atoms with E-state index in [0.717, 1.165) is 6.42 Å². The van der Waals surface area contributed by atoms with Crippen molar-refractivity contribution in [1.82, 2.24) is 15.5 Å². The lowest BCUT2D eigenvalue weighted by molar-refractivity contribution is -0.148. The normalized spacial score (nSPS) is 15.5. The van der Waals surface area contributed by atoms with Gasteiger partial charge in [-0.25, -0.2) is 4.79 Å². The van der Waals surface area contributed by atoms with Gasteiger partial charge in [0.2, 0.25) is 17.7 Å². The van der Waals surface area contributed by atoms with Crippen LogP contribution in [0.1, 0.15) is 78.3 Å². The van der Waals surface area contributed by atoms with Gasteiger partial charge in [0.25, 0.3) is 0 Å². The van der Waals surface area contributed by atoms with E-state index in [-0.39, 0.29) is 36.2 Å². The van der Waals surface area contributed by atoms with Crippen molar-refractivity contribution in [2.24, 2.45) is 5.73 Å². The summed E-state index contributed by atoms with van der Waals surface area (Å²) in [6, 6.07) is 3.59. The van der Waals surface area contributed by atoms with Crippen LogP contribution in [0.5, 0.6) is 5.75 Å². The Morgan fingerprint density at radius 2 is 1.77 bits per heavy atom. The van der Waals surface area contributed by atoms with Gasteiger partial charge in [-0.15, -0.1) is 0 Å². The summed E-state index contributed by atoms with van der Waals surface area (Å²) >= 11 is 0. The lowest BCUT2D eigenvalue weighted by Crippen LogP contribution is -2.58. The minimum atomic E-state index is -1.15. The van der Waals surface area contributed by atoms with Crippen LogP contribution in [0.4, 0.5) is 4.79 Å². The molecule has 1 saturated carbocycles. The zero-order chi connectivity index (χ0) is 26.3. The number of hydrogen-bond donors (Lipinski definition) is 4. The Hall–Kier alpha value is -3.30. The van der Waals surface area contributed by atoms with Crippen molar-refractivity contribution in [3.8, 4) is 5.75 Å².